The van der Waals surface area contributed by atoms with E-state index in [9.17, 15) is 4.79 Å². The molecule has 0 atom stereocenters. The van der Waals surface area contributed by atoms with Gasteiger partial charge in [-0.3, -0.25) is 0 Å². The number of carboxylic acids is 1. The number of ether oxygens (including phenoxy) is 2. The molecule has 1 aromatic rings. The van der Waals surface area contributed by atoms with Gasteiger partial charge >= 0.3 is 5.97 Å². The van der Waals surface area contributed by atoms with Crippen LogP contribution in [0.25, 0.3) is 0 Å². The van der Waals surface area contributed by atoms with Crippen molar-refractivity contribution < 1.29 is 19.4 Å². The minimum Gasteiger partial charge on any atom is -0.477 e. The van der Waals surface area contributed by atoms with Crippen LogP contribution >= 0.6 is 0 Å². The first-order chi connectivity index (χ1) is 6.77. The lowest BCUT2D eigenvalue weighted by atomic mass is 10.2. The highest BCUT2D eigenvalue weighted by molar-refractivity contribution is 5.90. The number of rotatable bonds is 3. The zero-order valence-electron chi connectivity index (χ0n) is 7.34. The van der Waals surface area contributed by atoms with E-state index in [1.165, 1.54) is 12.3 Å². The molecule has 0 aromatic carbocycles. The SMILES string of the molecule is O=C(O)c1cccnc1OC1COC1. The number of hydrogen-bond donors (Lipinski definition) is 1. The number of carboxylic acid groups (broad SMARTS) is 1. The maximum Gasteiger partial charge on any atom is 0.341 e. The number of pyridine rings is 1. The van der Waals surface area contributed by atoms with Crippen molar-refractivity contribution in [3.05, 3.63) is 23.9 Å². The van der Waals surface area contributed by atoms with Crippen LogP contribution in [-0.4, -0.2) is 35.4 Å². The van der Waals surface area contributed by atoms with E-state index in [2.05, 4.69) is 4.98 Å². The first-order valence-electron chi connectivity index (χ1n) is 4.20. The zero-order chi connectivity index (χ0) is 9.97. The monoisotopic (exact) mass is 195 g/mol. The van der Waals surface area contributed by atoms with Gasteiger partial charge in [-0.25, -0.2) is 9.78 Å². The Balaban J connectivity index is 2.17. The third-order valence-electron chi connectivity index (χ3n) is 1.89. The summed E-state index contributed by atoms with van der Waals surface area (Å²) in [5.74, 6) is -0.873. The largest absolute Gasteiger partial charge is 0.477 e. The number of carbonyl (C=O) groups is 1. The normalized spacial score (nSPS) is 16.0. The molecular weight excluding hydrogens is 186 g/mol. The van der Waals surface area contributed by atoms with Crippen molar-refractivity contribution in [3.8, 4) is 5.88 Å². The van der Waals surface area contributed by atoms with E-state index in [-0.39, 0.29) is 17.5 Å². The molecular formula is C9H9NO4. The number of nitrogens with zero attached hydrogens (tertiary/aromatic N) is 1. The standard InChI is InChI=1S/C9H9NO4/c11-9(12)7-2-1-3-10-8(7)14-6-4-13-5-6/h1-3,6H,4-5H2,(H,11,12). The van der Waals surface area contributed by atoms with E-state index >= 15 is 0 Å². The Morgan fingerprint density at radius 2 is 2.43 bits per heavy atom. The van der Waals surface area contributed by atoms with Crippen molar-refractivity contribution in [3.63, 3.8) is 0 Å². The summed E-state index contributed by atoms with van der Waals surface area (Å²) in [6.45, 7) is 0.991. The van der Waals surface area contributed by atoms with Gasteiger partial charge in [0, 0.05) is 6.20 Å². The van der Waals surface area contributed by atoms with Crippen molar-refractivity contribution >= 4 is 5.97 Å². The minimum absolute atomic E-state index is 0.0667. The molecule has 0 saturated carbocycles. The van der Waals surface area contributed by atoms with E-state index in [1.54, 1.807) is 6.07 Å². The van der Waals surface area contributed by atoms with Gasteiger partial charge < -0.3 is 14.6 Å². The maximum absolute atomic E-state index is 10.8. The minimum atomic E-state index is -1.03. The van der Waals surface area contributed by atoms with Gasteiger partial charge in [-0.05, 0) is 12.1 Å². The Kier molecular flexibility index (Phi) is 2.32. The Morgan fingerprint density at radius 3 is 3.00 bits per heavy atom. The second-order valence-corrected chi connectivity index (χ2v) is 2.94. The summed E-state index contributed by atoms with van der Waals surface area (Å²) in [7, 11) is 0. The van der Waals surface area contributed by atoms with Gasteiger partial charge in [0.15, 0.2) is 0 Å². The highest BCUT2D eigenvalue weighted by Gasteiger charge is 2.23. The van der Waals surface area contributed by atoms with Gasteiger partial charge in [0.1, 0.15) is 11.7 Å². The molecule has 2 rings (SSSR count). The van der Waals surface area contributed by atoms with E-state index in [0.717, 1.165) is 0 Å². The van der Waals surface area contributed by atoms with E-state index in [1.807, 2.05) is 0 Å². The quantitative estimate of drug-likeness (QED) is 0.763. The summed E-state index contributed by atoms with van der Waals surface area (Å²) in [5, 5.41) is 8.82. The van der Waals surface area contributed by atoms with Crippen LogP contribution in [0.15, 0.2) is 18.3 Å². The molecule has 1 N–H and O–H groups in total. The fourth-order valence-electron chi connectivity index (χ4n) is 1.09. The summed E-state index contributed by atoms with van der Waals surface area (Å²) in [6, 6.07) is 3.03. The summed E-state index contributed by atoms with van der Waals surface area (Å²) in [6.07, 6.45) is 1.43. The van der Waals surface area contributed by atoms with Crippen LogP contribution in [0.3, 0.4) is 0 Å². The summed E-state index contributed by atoms with van der Waals surface area (Å²) < 4.78 is 10.2. The van der Waals surface area contributed by atoms with Crippen LogP contribution < -0.4 is 4.74 Å². The molecule has 2 heterocycles. The molecule has 1 aromatic heterocycles. The van der Waals surface area contributed by atoms with Crippen LogP contribution in [0, 0.1) is 0 Å². The van der Waals surface area contributed by atoms with Gasteiger partial charge in [0.2, 0.25) is 5.88 Å². The van der Waals surface area contributed by atoms with E-state index in [4.69, 9.17) is 14.6 Å². The topological polar surface area (TPSA) is 68.7 Å². The Morgan fingerprint density at radius 1 is 1.64 bits per heavy atom. The average molecular weight is 195 g/mol. The number of hydrogen-bond acceptors (Lipinski definition) is 4. The molecule has 5 heteroatoms. The van der Waals surface area contributed by atoms with Crippen molar-refractivity contribution in [2.45, 2.75) is 6.10 Å². The predicted molar refractivity (Wildman–Crippen MR) is 46.4 cm³/mol. The van der Waals surface area contributed by atoms with Crippen molar-refractivity contribution in [2.24, 2.45) is 0 Å². The molecule has 0 bridgehead atoms. The molecule has 0 radical (unpaired) electrons. The zero-order valence-corrected chi connectivity index (χ0v) is 7.34. The second-order valence-electron chi connectivity index (χ2n) is 2.94. The van der Waals surface area contributed by atoms with Crippen molar-refractivity contribution in [1.82, 2.24) is 4.98 Å². The number of aromatic nitrogens is 1. The first-order valence-corrected chi connectivity index (χ1v) is 4.20. The van der Waals surface area contributed by atoms with Gasteiger partial charge in [-0.15, -0.1) is 0 Å². The summed E-state index contributed by atoms with van der Waals surface area (Å²) in [5.41, 5.74) is 0.0828. The fraction of sp³-hybridized carbons (Fsp3) is 0.333. The maximum atomic E-state index is 10.8. The Labute approximate surface area is 80.3 Å². The average Bonchev–Trinajstić information content (AvgIpc) is 2.12. The van der Waals surface area contributed by atoms with Gasteiger partial charge in [-0.1, -0.05) is 0 Å². The molecule has 1 saturated heterocycles. The second kappa shape index (κ2) is 3.63. The smallest absolute Gasteiger partial charge is 0.341 e. The lowest BCUT2D eigenvalue weighted by Gasteiger charge is -2.26. The lowest BCUT2D eigenvalue weighted by Crippen LogP contribution is -2.39. The molecule has 0 amide bonds. The molecule has 0 unspecified atom stereocenters. The van der Waals surface area contributed by atoms with Gasteiger partial charge in [0.25, 0.3) is 0 Å². The van der Waals surface area contributed by atoms with Gasteiger partial charge in [-0.2, -0.15) is 0 Å². The molecule has 74 valence electrons. The molecule has 0 aliphatic carbocycles. The molecule has 5 nitrogen and oxygen atoms in total. The van der Waals surface area contributed by atoms with Crippen LogP contribution in [0.4, 0.5) is 0 Å². The Bertz CT molecular complexity index is 348. The third kappa shape index (κ3) is 1.67. The Hall–Kier alpha value is -1.62. The van der Waals surface area contributed by atoms with Crippen LogP contribution in [0.2, 0.25) is 0 Å². The fourth-order valence-corrected chi connectivity index (χ4v) is 1.09. The van der Waals surface area contributed by atoms with E-state index < -0.39 is 5.97 Å². The van der Waals surface area contributed by atoms with Crippen LogP contribution in [-0.2, 0) is 4.74 Å². The number of aromatic carboxylic acids is 1. The predicted octanol–water partition coefficient (Wildman–Crippen LogP) is 0.557. The highest BCUT2D eigenvalue weighted by atomic mass is 16.6. The molecule has 14 heavy (non-hydrogen) atoms. The van der Waals surface area contributed by atoms with Gasteiger partial charge in [0.05, 0.1) is 13.2 Å². The van der Waals surface area contributed by atoms with Crippen LogP contribution in [0.5, 0.6) is 5.88 Å². The molecule has 0 spiro atoms. The lowest BCUT2D eigenvalue weighted by molar-refractivity contribution is -0.0816. The summed E-state index contributed by atoms with van der Waals surface area (Å²) >= 11 is 0. The molecule has 1 aliphatic heterocycles. The van der Waals surface area contributed by atoms with Crippen molar-refractivity contribution in [1.29, 1.82) is 0 Å². The van der Waals surface area contributed by atoms with Crippen molar-refractivity contribution in [2.75, 3.05) is 13.2 Å². The third-order valence-corrected chi connectivity index (χ3v) is 1.89. The highest BCUT2D eigenvalue weighted by Crippen LogP contribution is 2.18. The molecule has 1 aliphatic rings. The van der Waals surface area contributed by atoms with Crippen LogP contribution in [0.1, 0.15) is 10.4 Å². The first kappa shape index (κ1) is 8.96. The summed E-state index contributed by atoms with van der Waals surface area (Å²) in [4.78, 5) is 14.6. The molecule has 1 fully saturated rings. The van der Waals surface area contributed by atoms with E-state index in [0.29, 0.717) is 13.2 Å².